The number of carbonyl (C=O) groups is 3. The van der Waals surface area contributed by atoms with Crippen LogP contribution < -0.4 is 9.47 Å². The minimum absolute atomic E-state index is 0.199. The summed E-state index contributed by atoms with van der Waals surface area (Å²) in [7, 11) is 2.72. The zero-order valence-electron chi connectivity index (χ0n) is 18.1. The Bertz CT molecular complexity index is 1110. The number of benzene rings is 2. The van der Waals surface area contributed by atoms with Crippen molar-refractivity contribution in [2.24, 2.45) is 0 Å². The Hall–Kier alpha value is -3.23. The molecule has 9 heteroatoms. The maximum absolute atomic E-state index is 12.6. The standard InChI is InChI=1S/C24H22ClNO6S/c1-4-5-17-10-16(12-20-23(28)26(24(29)33-20)13-21(27)31-3)11-19(30-2)22(17)32-14-15-6-8-18(25)9-7-15/h4,6-12H,1,5,13-14H2,2-3H3/b20-12+. The van der Waals surface area contributed by atoms with Crippen LogP contribution in [0, 0.1) is 0 Å². The molecular formula is C24H22ClNO6S. The molecule has 0 radical (unpaired) electrons. The van der Waals surface area contributed by atoms with E-state index in [0.29, 0.717) is 35.1 Å². The van der Waals surface area contributed by atoms with Gasteiger partial charge in [-0.3, -0.25) is 19.3 Å². The van der Waals surface area contributed by atoms with Crippen LogP contribution in [0.5, 0.6) is 11.5 Å². The lowest BCUT2D eigenvalue weighted by molar-refractivity contribution is -0.143. The largest absolute Gasteiger partial charge is 0.493 e. The van der Waals surface area contributed by atoms with E-state index in [1.807, 2.05) is 18.2 Å². The van der Waals surface area contributed by atoms with Gasteiger partial charge in [0, 0.05) is 10.6 Å². The van der Waals surface area contributed by atoms with Crippen LogP contribution in [0.3, 0.4) is 0 Å². The first-order valence-electron chi connectivity index (χ1n) is 9.87. The lowest BCUT2D eigenvalue weighted by Crippen LogP contribution is -2.34. The van der Waals surface area contributed by atoms with Crippen LogP contribution in [0.25, 0.3) is 6.08 Å². The molecule has 0 aromatic heterocycles. The van der Waals surface area contributed by atoms with E-state index in [-0.39, 0.29) is 4.91 Å². The van der Waals surface area contributed by atoms with Gasteiger partial charge in [0.05, 0.1) is 19.1 Å². The smallest absolute Gasteiger partial charge is 0.325 e. The second kappa shape index (κ2) is 11.1. The van der Waals surface area contributed by atoms with Crippen LogP contribution in [-0.4, -0.2) is 42.8 Å². The van der Waals surface area contributed by atoms with Crippen molar-refractivity contribution in [3.63, 3.8) is 0 Å². The molecule has 2 aromatic carbocycles. The van der Waals surface area contributed by atoms with Crippen LogP contribution in [0.1, 0.15) is 16.7 Å². The summed E-state index contributed by atoms with van der Waals surface area (Å²) >= 11 is 6.70. The van der Waals surface area contributed by atoms with Gasteiger partial charge in [0.25, 0.3) is 11.1 Å². The number of hydrogen-bond acceptors (Lipinski definition) is 7. The van der Waals surface area contributed by atoms with Gasteiger partial charge in [-0.25, -0.2) is 0 Å². The molecule has 2 aromatic rings. The Balaban J connectivity index is 1.89. The van der Waals surface area contributed by atoms with Crippen molar-refractivity contribution in [1.82, 2.24) is 4.90 Å². The number of esters is 1. The molecule has 0 unspecified atom stereocenters. The molecule has 0 bridgehead atoms. The van der Waals surface area contributed by atoms with Crippen LogP contribution in [0.2, 0.25) is 5.02 Å². The lowest BCUT2D eigenvalue weighted by atomic mass is 10.0. The molecule has 1 aliphatic heterocycles. The molecule has 0 saturated carbocycles. The predicted octanol–water partition coefficient (Wildman–Crippen LogP) is 4.87. The molecule has 172 valence electrons. The Morgan fingerprint density at radius 1 is 1.18 bits per heavy atom. The molecule has 33 heavy (non-hydrogen) atoms. The van der Waals surface area contributed by atoms with Gasteiger partial charge in [-0.1, -0.05) is 29.8 Å². The van der Waals surface area contributed by atoms with E-state index >= 15 is 0 Å². The molecule has 1 saturated heterocycles. The van der Waals surface area contributed by atoms with Crippen molar-refractivity contribution in [2.45, 2.75) is 13.0 Å². The predicted molar refractivity (Wildman–Crippen MR) is 127 cm³/mol. The first kappa shape index (κ1) is 24.4. The molecule has 2 amide bonds. The van der Waals surface area contributed by atoms with Gasteiger partial charge in [-0.05, 0) is 59.7 Å². The number of imide groups is 1. The number of ether oxygens (including phenoxy) is 3. The van der Waals surface area contributed by atoms with E-state index in [1.54, 1.807) is 30.4 Å². The summed E-state index contributed by atoms with van der Waals surface area (Å²) in [6.45, 7) is 3.68. The number of hydrogen-bond donors (Lipinski definition) is 0. The third kappa shape index (κ3) is 5.97. The van der Waals surface area contributed by atoms with E-state index in [1.165, 1.54) is 14.2 Å². The number of allylic oxidation sites excluding steroid dienone is 1. The Kier molecular flexibility index (Phi) is 8.19. The van der Waals surface area contributed by atoms with Gasteiger partial charge in [0.2, 0.25) is 0 Å². The van der Waals surface area contributed by atoms with Gasteiger partial charge in [-0.15, -0.1) is 6.58 Å². The number of amides is 2. The monoisotopic (exact) mass is 487 g/mol. The summed E-state index contributed by atoms with van der Waals surface area (Å²) in [5.74, 6) is -0.190. The van der Waals surface area contributed by atoms with E-state index in [4.69, 9.17) is 21.1 Å². The minimum Gasteiger partial charge on any atom is -0.493 e. The maximum atomic E-state index is 12.6. The van der Waals surface area contributed by atoms with Crippen molar-refractivity contribution >= 4 is 46.6 Å². The normalized spacial score (nSPS) is 14.5. The van der Waals surface area contributed by atoms with E-state index in [2.05, 4.69) is 11.3 Å². The Morgan fingerprint density at radius 3 is 2.55 bits per heavy atom. The molecule has 1 aliphatic rings. The fourth-order valence-corrected chi connectivity index (χ4v) is 4.07. The first-order chi connectivity index (χ1) is 15.9. The van der Waals surface area contributed by atoms with Crippen LogP contribution in [0.15, 0.2) is 54.0 Å². The zero-order chi connectivity index (χ0) is 24.0. The summed E-state index contributed by atoms with van der Waals surface area (Å²) in [6.07, 6.45) is 3.82. The fraction of sp³-hybridized carbons (Fsp3) is 0.208. The number of halogens is 1. The summed E-state index contributed by atoms with van der Waals surface area (Å²) in [5, 5.41) is 0.113. The van der Waals surface area contributed by atoms with Crippen molar-refractivity contribution in [3.05, 3.63) is 75.7 Å². The van der Waals surface area contributed by atoms with Crippen molar-refractivity contribution < 1.29 is 28.6 Å². The molecule has 0 aliphatic carbocycles. The van der Waals surface area contributed by atoms with Crippen molar-refractivity contribution in [2.75, 3.05) is 20.8 Å². The SMILES string of the molecule is C=CCc1cc(/C=C2/SC(=O)N(CC(=O)OC)C2=O)cc(OC)c1OCc1ccc(Cl)cc1. The highest BCUT2D eigenvalue weighted by molar-refractivity contribution is 8.18. The van der Waals surface area contributed by atoms with Crippen molar-refractivity contribution in [1.29, 1.82) is 0 Å². The lowest BCUT2D eigenvalue weighted by Gasteiger charge is -2.16. The Labute approximate surface area is 200 Å². The zero-order valence-corrected chi connectivity index (χ0v) is 19.7. The molecule has 1 heterocycles. The minimum atomic E-state index is -0.671. The van der Waals surface area contributed by atoms with Crippen molar-refractivity contribution in [3.8, 4) is 11.5 Å². The highest BCUT2D eigenvalue weighted by Gasteiger charge is 2.36. The molecule has 0 atom stereocenters. The van der Waals surface area contributed by atoms with E-state index in [9.17, 15) is 14.4 Å². The molecular weight excluding hydrogens is 466 g/mol. The van der Waals surface area contributed by atoms with Crippen LogP contribution in [0.4, 0.5) is 4.79 Å². The topological polar surface area (TPSA) is 82.1 Å². The van der Waals surface area contributed by atoms with E-state index in [0.717, 1.165) is 27.8 Å². The summed E-state index contributed by atoms with van der Waals surface area (Å²) in [6, 6.07) is 10.9. The quantitative estimate of drug-likeness (QED) is 0.283. The summed E-state index contributed by atoms with van der Waals surface area (Å²) in [4.78, 5) is 37.3. The second-order valence-electron chi connectivity index (χ2n) is 6.96. The molecule has 1 fully saturated rings. The molecule has 7 nitrogen and oxygen atoms in total. The highest BCUT2D eigenvalue weighted by atomic mass is 35.5. The van der Waals surface area contributed by atoms with Crippen LogP contribution in [-0.2, 0) is 27.4 Å². The second-order valence-corrected chi connectivity index (χ2v) is 8.39. The number of rotatable bonds is 9. The van der Waals surface area contributed by atoms with Gasteiger partial charge in [-0.2, -0.15) is 0 Å². The maximum Gasteiger partial charge on any atom is 0.325 e. The van der Waals surface area contributed by atoms with Gasteiger partial charge in [0.15, 0.2) is 11.5 Å². The number of carbonyl (C=O) groups excluding carboxylic acids is 3. The van der Waals surface area contributed by atoms with Gasteiger partial charge in [0.1, 0.15) is 13.2 Å². The number of nitrogens with zero attached hydrogens (tertiary/aromatic N) is 1. The van der Waals surface area contributed by atoms with E-state index < -0.39 is 23.7 Å². The highest BCUT2D eigenvalue weighted by Crippen LogP contribution is 2.37. The summed E-state index contributed by atoms with van der Waals surface area (Å²) < 4.78 is 16.1. The Morgan fingerprint density at radius 2 is 1.91 bits per heavy atom. The fourth-order valence-electron chi connectivity index (χ4n) is 3.11. The number of thioether (sulfide) groups is 1. The third-order valence-electron chi connectivity index (χ3n) is 4.72. The average molecular weight is 488 g/mol. The average Bonchev–Trinajstić information content (AvgIpc) is 3.06. The van der Waals surface area contributed by atoms with Gasteiger partial charge < -0.3 is 14.2 Å². The molecule has 0 N–H and O–H groups in total. The third-order valence-corrected chi connectivity index (χ3v) is 5.88. The number of methoxy groups -OCH3 is 2. The van der Waals surface area contributed by atoms with Crippen LogP contribution >= 0.6 is 23.4 Å². The summed E-state index contributed by atoms with van der Waals surface area (Å²) in [5.41, 5.74) is 2.39. The molecule has 3 rings (SSSR count). The molecule has 0 spiro atoms. The first-order valence-corrected chi connectivity index (χ1v) is 11.1. The van der Waals surface area contributed by atoms with Gasteiger partial charge >= 0.3 is 5.97 Å².